The number of carbonyl (C=O) groups is 1. The molecule has 19 heavy (non-hydrogen) atoms. The summed E-state index contributed by atoms with van der Waals surface area (Å²) >= 11 is 3.30. The van der Waals surface area contributed by atoms with Gasteiger partial charge in [0.25, 0.3) is 0 Å². The molecule has 0 saturated heterocycles. The number of halogens is 3. The molecule has 0 bridgehead atoms. The van der Waals surface area contributed by atoms with Gasteiger partial charge < -0.3 is 10.6 Å². The summed E-state index contributed by atoms with van der Waals surface area (Å²) in [6, 6.07) is 4.72. The van der Waals surface area contributed by atoms with E-state index in [0.717, 1.165) is 4.47 Å². The maximum absolute atomic E-state index is 13.6. The molecule has 0 spiro atoms. The Morgan fingerprint density at radius 1 is 1.53 bits per heavy atom. The van der Waals surface area contributed by atoms with E-state index in [-0.39, 0.29) is 36.6 Å². The lowest BCUT2D eigenvalue weighted by Gasteiger charge is -2.24. The van der Waals surface area contributed by atoms with Gasteiger partial charge in [-0.25, -0.2) is 4.39 Å². The molecular weight excluding hydrogens is 335 g/mol. The Morgan fingerprint density at radius 2 is 2.16 bits per heavy atom. The highest BCUT2D eigenvalue weighted by molar-refractivity contribution is 9.10. The molecule has 0 aliphatic rings. The lowest BCUT2D eigenvalue weighted by Crippen LogP contribution is -2.37. The summed E-state index contributed by atoms with van der Waals surface area (Å²) in [4.78, 5) is 13.6. The van der Waals surface area contributed by atoms with Crippen LogP contribution in [0, 0.1) is 11.7 Å². The number of amides is 1. The Hall–Kier alpha value is -0.650. The van der Waals surface area contributed by atoms with Gasteiger partial charge in [-0.2, -0.15) is 0 Å². The smallest absolute Gasteiger partial charge is 0.226 e. The molecule has 0 fully saturated rings. The summed E-state index contributed by atoms with van der Waals surface area (Å²) in [6.07, 6.45) is 0. The van der Waals surface area contributed by atoms with Crippen LogP contribution in [-0.4, -0.2) is 23.9 Å². The Morgan fingerprint density at radius 3 is 2.68 bits per heavy atom. The van der Waals surface area contributed by atoms with Crippen molar-refractivity contribution in [3.8, 4) is 0 Å². The van der Waals surface area contributed by atoms with Crippen LogP contribution in [0.4, 0.5) is 4.39 Å². The first-order chi connectivity index (χ1) is 8.49. The van der Waals surface area contributed by atoms with Gasteiger partial charge in [0, 0.05) is 35.6 Å². The molecule has 1 amide bonds. The SMILES string of the molecule is CCN(Cc1cc(Br)ccc1F)C(=O)C(C)CN.Cl. The van der Waals surface area contributed by atoms with Gasteiger partial charge in [-0.1, -0.05) is 22.9 Å². The summed E-state index contributed by atoms with van der Waals surface area (Å²) in [6.45, 7) is 4.76. The van der Waals surface area contributed by atoms with Gasteiger partial charge in [-0.3, -0.25) is 4.79 Å². The Labute approximate surface area is 127 Å². The monoisotopic (exact) mass is 352 g/mol. The molecule has 0 radical (unpaired) electrons. The van der Waals surface area contributed by atoms with Crippen LogP contribution in [0.1, 0.15) is 19.4 Å². The molecule has 0 aliphatic heterocycles. The van der Waals surface area contributed by atoms with Crippen molar-refractivity contribution in [1.29, 1.82) is 0 Å². The first kappa shape index (κ1) is 18.4. The number of rotatable bonds is 5. The fraction of sp³-hybridized carbons (Fsp3) is 0.462. The quantitative estimate of drug-likeness (QED) is 0.884. The topological polar surface area (TPSA) is 46.3 Å². The minimum Gasteiger partial charge on any atom is -0.338 e. The van der Waals surface area contributed by atoms with Crippen LogP contribution in [-0.2, 0) is 11.3 Å². The highest BCUT2D eigenvalue weighted by atomic mass is 79.9. The number of carbonyl (C=O) groups excluding carboxylic acids is 1. The van der Waals surface area contributed by atoms with Gasteiger partial charge in [-0.05, 0) is 25.1 Å². The molecule has 3 nitrogen and oxygen atoms in total. The van der Waals surface area contributed by atoms with Crippen LogP contribution in [0.25, 0.3) is 0 Å². The van der Waals surface area contributed by atoms with Crippen LogP contribution >= 0.6 is 28.3 Å². The minimum atomic E-state index is -0.301. The second kappa shape index (κ2) is 8.51. The molecule has 0 heterocycles. The van der Waals surface area contributed by atoms with Crippen molar-refractivity contribution >= 4 is 34.2 Å². The summed E-state index contributed by atoms with van der Waals surface area (Å²) < 4.78 is 14.4. The zero-order valence-corrected chi connectivity index (χ0v) is 13.4. The van der Waals surface area contributed by atoms with Crippen LogP contribution in [0.3, 0.4) is 0 Å². The van der Waals surface area contributed by atoms with E-state index in [9.17, 15) is 9.18 Å². The van der Waals surface area contributed by atoms with Gasteiger partial charge >= 0.3 is 0 Å². The lowest BCUT2D eigenvalue weighted by atomic mass is 10.1. The Kier molecular flexibility index (Phi) is 8.22. The molecule has 1 aromatic carbocycles. The van der Waals surface area contributed by atoms with E-state index in [0.29, 0.717) is 18.7 Å². The molecular formula is C13H19BrClFN2O. The van der Waals surface area contributed by atoms with Crippen molar-refractivity contribution in [2.45, 2.75) is 20.4 Å². The lowest BCUT2D eigenvalue weighted by molar-refractivity contribution is -0.135. The van der Waals surface area contributed by atoms with Crippen molar-refractivity contribution in [2.75, 3.05) is 13.1 Å². The van der Waals surface area contributed by atoms with Crippen molar-refractivity contribution in [3.05, 3.63) is 34.1 Å². The zero-order chi connectivity index (χ0) is 13.7. The second-order valence-electron chi connectivity index (χ2n) is 4.22. The fourth-order valence-electron chi connectivity index (χ4n) is 1.63. The number of nitrogens with zero attached hydrogens (tertiary/aromatic N) is 1. The predicted octanol–water partition coefficient (Wildman–Crippen LogP) is 2.95. The van der Waals surface area contributed by atoms with E-state index < -0.39 is 0 Å². The van der Waals surface area contributed by atoms with E-state index in [4.69, 9.17) is 5.73 Å². The third-order valence-electron chi connectivity index (χ3n) is 2.84. The van der Waals surface area contributed by atoms with Crippen molar-refractivity contribution in [2.24, 2.45) is 11.7 Å². The Balaban J connectivity index is 0.00000324. The van der Waals surface area contributed by atoms with Crippen molar-refractivity contribution < 1.29 is 9.18 Å². The van der Waals surface area contributed by atoms with Crippen LogP contribution < -0.4 is 5.73 Å². The number of hydrogen-bond donors (Lipinski definition) is 1. The Bertz CT molecular complexity index is 431. The van der Waals surface area contributed by atoms with E-state index in [2.05, 4.69) is 15.9 Å². The summed E-state index contributed by atoms with van der Waals surface area (Å²) in [5.41, 5.74) is 5.99. The largest absolute Gasteiger partial charge is 0.338 e. The average Bonchev–Trinajstić information content (AvgIpc) is 2.37. The summed E-state index contributed by atoms with van der Waals surface area (Å²) in [5.74, 6) is -0.579. The molecule has 108 valence electrons. The zero-order valence-electron chi connectivity index (χ0n) is 11.0. The molecule has 0 saturated carbocycles. The molecule has 0 aromatic heterocycles. The number of hydrogen-bond acceptors (Lipinski definition) is 2. The van der Waals surface area contributed by atoms with Gasteiger partial charge in [0.15, 0.2) is 0 Å². The highest BCUT2D eigenvalue weighted by Crippen LogP contribution is 2.18. The molecule has 1 atom stereocenters. The standard InChI is InChI=1S/C13H18BrFN2O.ClH/c1-3-17(13(18)9(2)7-16)8-10-6-11(14)4-5-12(10)15;/h4-6,9H,3,7-8,16H2,1-2H3;1H. The predicted molar refractivity (Wildman–Crippen MR) is 80.7 cm³/mol. The van der Waals surface area contributed by atoms with Crippen molar-refractivity contribution in [3.63, 3.8) is 0 Å². The fourth-order valence-corrected chi connectivity index (χ4v) is 2.04. The van der Waals surface area contributed by atoms with Gasteiger partial charge in [0.1, 0.15) is 5.82 Å². The maximum atomic E-state index is 13.6. The first-order valence-electron chi connectivity index (χ1n) is 5.92. The minimum absolute atomic E-state index is 0. The number of nitrogens with two attached hydrogens (primary N) is 1. The van der Waals surface area contributed by atoms with E-state index in [1.807, 2.05) is 6.92 Å². The van der Waals surface area contributed by atoms with Gasteiger partial charge in [0.2, 0.25) is 5.91 Å². The molecule has 1 rings (SSSR count). The third kappa shape index (κ3) is 5.09. The molecule has 6 heteroatoms. The molecule has 1 unspecified atom stereocenters. The molecule has 0 aliphatic carbocycles. The molecule has 1 aromatic rings. The molecule has 2 N–H and O–H groups in total. The highest BCUT2D eigenvalue weighted by Gasteiger charge is 2.19. The van der Waals surface area contributed by atoms with Crippen LogP contribution in [0.15, 0.2) is 22.7 Å². The first-order valence-corrected chi connectivity index (χ1v) is 6.71. The van der Waals surface area contributed by atoms with E-state index in [1.165, 1.54) is 6.07 Å². The normalized spacial score (nSPS) is 11.6. The van der Waals surface area contributed by atoms with Crippen LogP contribution in [0.2, 0.25) is 0 Å². The van der Waals surface area contributed by atoms with E-state index >= 15 is 0 Å². The van der Waals surface area contributed by atoms with Crippen molar-refractivity contribution in [1.82, 2.24) is 4.90 Å². The number of benzene rings is 1. The van der Waals surface area contributed by atoms with Gasteiger partial charge in [-0.15, -0.1) is 12.4 Å². The van der Waals surface area contributed by atoms with Gasteiger partial charge in [0.05, 0.1) is 0 Å². The average molecular weight is 354 g/mol. The third-order valence-corrected chi connectivity index (χ3v) is 3.33. The van der Waals surface area contributed by atoms with Crippen LogP contribution in [0.5, 0.6) is 0 Å². The van der Waals surface area contributed by atoms with E-state index in [1.54, 1.807) is 24.0 Å². The second-order valence-corrected chi connectivity index (χ2v) is 5.14. The summed E-state index contributed by atoms with van der Waals surface area (Å²) in [5, 5.41) is 0. The summed E-state index contributed by atoms with van der Waals surface area (Å²) in [7, 11) is 0. The maximum Gasteiger partial charge on any atom is 0.226 e.